The lowest BCUT2D eigenvalue weighted by atomic mass is 9.84. The highest BCUT2D eigenvalue weighted by Crippen LogP contribution is 2.50. The largest absolute Gasteiger partial charge is 0.491 e. The van der Waals surface area contributed by atoms with Gasteiger partial charge in [0.2, 0.25) is 5.91 Å². The molecule has 3 amide bonds. The number of amides is 3. The standard InChI is InChI=1S/C25H17N3O6/c29-23-16-8-4-5-9-17(16)24(30)27(23)22-21-18-12-15(28(32)33)10-11-20(18)34-13-19(26(21)25(22)31)14-6-2-1-3-7-14/h1-12,19,21-22H,13H2/t19-,21-,22-/m1/s1. The second-order valence-corrected chi connectivity index (χ2v) is 8.38. The van der Waals surface area contributed by atoms with E-state index in [1.54, 1.807) is 29.2 Å². The fourth-order valence-corrected chi connectivity index (χ4v) is 5.07. The van der Waals surface area contributed by atoms with Crippen LogP contribution in [0.4, 0.5) is 5.69 Å². The molecular formula is C25H17N3O6. The van der Waals surface area contributed by atoms with Crippen molar-refractivity contribution in [1.82, 2.24) is 9.80 Å². The molecule has 0 aromatic heterocycles. The van der Waals surface area contributed by atoms with Crippen molar-refractivity contribution < 1.29 is 24.0 Å². The molecule has 0 bridgehead atoms. The van der Waals surface area contributed by atoms with Crippen LogP contribution in [0.2, 0.25) is 0 Å². The fourth-order valence-electron chi connectivity index (χ4n) is 5.07. The topological polar surface area (TPSA) is 110 Å². The maximum Gasteiger partial charge on any atom is 0.270 e. The summed E-state index contributed by atoms with van der Waals surface area (Å²) in [5.74, 6) is -1.12. The van der Waals surface area contributed by atoms with Crippen LogP contribution in [-0.2, 0) is 4.79 Å². The van der Waals surface area contributed by atoms with Gasteiger partial charge in [-0.15, -0.1) is 0 Å². The number of nitrogens with zero attached hydrogens (tertiary/aromatic N) is 3. The fraction of sp³-hybridized carbons (Fsp3) is 0.160. The minimum Gasteiger partial charge on any atom is -0.491 e. The van der Waals surface area contributed by atoms with Gasteiger partial charge in [0.15, 0.2) is 0 Å². The molecule has 1 saturated heterocycles. The predicted octanol–water partition coefficient (Wildman–Crippen LogP) is 3.28. The summed E-state index contributed by atoms with van der Waals surface area (Å²) >= 11 is 0. The lowest BCUT2D eigenvalue weighted by molar-refractivity contribution is -0.385. The van der Waals surface area contributed by atoms with Gasteiger partial charge in [-0.2, -0.15) is 0 Å². The Morgan fingerprint density at radius 2 is 1.50 bits per heavy atom. The van der Waals surface area contributed by atoms with E-state index < -0.39 is 40.8 Å². The van der Waals surface area contributed by atoms with E-state index in [2.05, 4.69) is 0 Å². The van der Waals surface area contributed by atoms with Crippen molar-refractivity contribution in [1.29, 1.82) is 0 Å². The molecule has 3 aliphatic rings. The molecule has 168 valence electrons. The van der Waals surface area contributed by atoms with Gasteiger partial charge < -0.3 is 9.64 Å². The zero-order valence-electron chi connectivity index (χ0n) is 17.7. The van der Waals surface area contributed by atoms with Crippen molar-refractivity contribution in [2.45, 2.75) is 18.1 Å². The Labute approximate surface area is 193 Å². The van der Waals surface area contributed by atoms with Gasteiger partial charge in [0.1, 0.15) is 18.4 Å². The zero-order chi connectivity index (χ0) is 23.6. The molecule has 0 radical (unpaired) electrons. The first-order valence-corrected chi connectivity index (χ1v) is 10.7. The highest BCUT2D eigenvalue weighted by Gasteiger charge is 2.60. The molecule has 0 unspecified atom stereocenters. The molecule has 3 atom stereocenters. The molecular weight excluding hydrogens is 438 g/mol. The summed E-state index contributed by atoms with van der Waals surface area (Å²) in [6.07, 6.45) is 0. The van der Waals surface area contributed by atoms with Crippen LogP contribution in [0.5, 0.6) is 5.75 Å². The van der Waals surface area contributed by atoms with E-state index in [0.717, 1.165) is 10.5 Å². The van der Waals surface area contributed by atoms with Gasteiger partial charge in [-0.3, -0.25) is 29.4 Å². The van der Waals surface area contributed by atoms with Crippen LogP contribution in [0.25, 0.3) is 0 Å². The summed E-state index contributed by atoms with van der Waals surface area (Å²) in [5, 5.41) is 11.5. The van der Waals surface area contributed by atoms with Crippen LogP contribution in [0.15, 0.2) is 72.8 Å². The summed E-state index contributed by atoms with van der Waals surface area (Å²) in [6, 6.07) is 17.5. The van der Waals surface area contributed by atoms with Crippen LogP contribution in [-0.4, -0.2) is 45.1 Å². The number of β-lactam (4-membered cyclic amide) rings is 1. The number of nitro groups is 1. The Balaban J connectivity index is 1.49. The summed E-state index contributed by atoms with van der Waals surface area (Å²) in [4.78, 5) is 53.5. The molecule has 0 aliphatic carbocycles. The average molecular weight is 455 g/mol. The van der Waals surface area contributed by atoms with E-state index in [1.165, 1.54) is 18.2 Å². The zero-order valence-corrected chi connectivity index (χ0v) is 17.7. The Hall–Kier alpha value is -4.53. The number of benzene rings is 3. The first-order chi connectivity index (χ1) is 16.5. The first-order valence-electron chi connectivity index (χ1n) is 10.7. The number of imide groups is 1. The lowest BCUT2D eigenvalue weighted by Crippen LogP contribution is -2.67. The van der Waals surface area contributed by atoms with Gasteiger partial charge in [-0.25, -0.2) is 0 Å². The van der Waals surface area contributed by atoms with Crippen molar-refractivity contribution in [2.75, 3.05) is 6.61 Å². The van der Waals surface area contributed by atoms with Crippen molar-refractivity contribution in [3.05, 3.63) is 105 Å². The molecule has 6 rings (SSSR count). The number of fused-ring (bicyclic) bond motifs is 4. The van der Waals surface area contributed by atoms with Crippen molar-refractivity contribution in [3.63, 3.8) is 0 Å². The Morgan fingerprint density at radius 3 is 2.15 bits per heavy atom. The molecule has 0 spiro atoms. The summed E-state index contributed by atoms with van der Waals surface area (Å²) < 4.78 is 6.00. The molecule has 34 heavy (non-hydrogen) atoms. The molecule has 3 aromatic carbocycles. The van der Waals surface area contributed by atoms with Crippen molar-refractivity contribution in [2.24, 2.45) is 0 Å². The number of non-ortho nitro benzene ring substituents is 1. The summed E-state index contributed by atoms with van der Waals surface area (Å²) in [7, 11) is 0. The molecule has 1 fully saturated rings. The van der Waals surface area contributed by atoms with E-state index >= 15 is 0 Å². The summed E-state index contributed by atoms with van der Waals surface area (Å²) in [5.41, 5.74) is 1.53. The van der Waals surface area contributed by atoms with Crippen LogP contribution in [0.1, 0.15) is 43.9 Å². The Bertz CT molecular complexity index is 1350. The highest BCUT2D eigenvalue weighted by molar-refractivity contribution is 6.23. The molecule has 0 saturated carbocycles. The number of ether oxygens (including phenoxy) is 1. The normalized spacial score (nSPS) is 22.8. The predicted molar refractivity (Wildman–Crippen MR) is 118 cm³/mol. The summed E-state index contributed by atoms with van der Waals surface area (Å²) in [6.45, 7) is 0.131. The maximum atomic E-state index is 13.6. The van der Waals surface area contributed by atoms with Crippen LogP contribution in [0.3, 0.4) is 0 Å². The molecule has 9 nitrogen and oxygen atoms in total. The number of rotatable bonds is 3. The number of nitro benzene ring substituents is 1. The van der Waals surface area contributed by atoms with E-state index in [1.807, 2.05) is 30.3 Å². The van der Waals surface area contributed by atoms with Gasteiger partial charge in [0.05, 0.1) is 28.1 Å². The third kappa shape index (κ3) is 2.70. The Kier molecular flexibility index (Phi) is 4.28. The van der Waals surface area contributed by atoms with E-state index in [-0.39, 0.29) is 23.4 Å². The van der Waals surface area contributed by atoms with Crippen molar-refractivity contribution in [3.8, 4) is 5.75 Å². The van der Waals surface area contributed by atoms with E-state index in [9.17, 15) is 24.5 Å². The smallest absolute Gasteiger partial charge is 0.270 e. The second-order valence-electron chi connectivity index (χ2n) is 8.38. The van der Waals surface area contributed by atoms with E-state index in [4.69, 9.17) is 4.74 Å². The van der Waals surface area contributed by atoms with Gasteiger partial charge in [-0.1, -0.05) is 42.5 Å². The third-order valence-corrected chi connectivity index (χ3v) is 6.65. The van der Waals surface area contributed by atoms with Gasteiger partial charge in [0, 0.05) is 17.7 Å². The number of hydrogen-bond donors (Lipinski definition) is 0. The minimum absolute atomic E-state index is 0.131. The monoisotopic (exact) mass is 455 g/mol. The molecule has 3 heterocycles. The van der Waals surface area contributed by atoms with E-state index in [0.29, 0.717) is 11.3 Å². The lowest BCUT2D eigenvalue weighted by Gasteiger charge is -2.51. The molecule has 0 N–H and O–H groups in total. The van der Waals surface area contributed by atoms with Gasteiger partial charge in [0.25, 0.3) is 17.5 Å². The molecule has 3 aromatic rings. The highest BCUT2D eigenvalue weighted by atomic mass is 16.6. The van der Waals surface area contributed by atoms with Crippen LogP contribution >= 0.6 is 0 Å². The van der Waals surface area contributed by atoms with Crippen LogP contribution < -0.4 is 4.74 Å². The average Bonchev–Trinajstić information content (AvgIpc) is 3.01. The number of carbonyl (C=O) groups is 3. The molecule has 9 heteroatoms. The first kappa shape index (κ1) is 20.1. The number of carbonyl (C=O) groups excluding carboxylic acids is 3. The van der Waals surface area contributed by atoms with Gasteiger partial charge >= 0.3 is 0 Å². The minimum atomic E-state index is -1.12. The Morgan fingerprint density at radius 1 is 0.853 bits per heavy atom. The second kappa shape index (κ2) is 7.24. The van der Waals surface area contributed by atoms with Gasteiger partial charge in [-0.05, 0) is 23.8 Å². The third-order valence-electron chi connectivity index (χ3n) is 6.65. The van der Waals surface area contributed by atoms with Crippen LogP contribution in [0, 0.1) is 10.1 Å². The quantitative estimate of drug-likeness (QED) is 0.259. The maximum absolute atomic E-state index is 13.6. The SMILES string of the molecule is O=C1c2ccccc2C(=O)N1[C@H]1C(=O)N2[C@@H](c3ccccc3)COc3ccc([N+](=O)[O-])cc3[C@H]12. The number of hydrogen-bond acceptors (Lipinski definition) is 6. The van der Waals surface area contributed by atoms with Crippen molar-refractivity contribution >= 4 is 23.4 Å². The molecule has 3 aliphatic heterocycles.